The second kappa shape index (κ2) is 4.06. The summed E-state index contributed by atoms with van der Waals surface area (Å²) in [6.45, 7) is 0. The van der Waals surface area contributed by atoms with Crippen molar-refractivity contribution in [3.05, 3.63) is 54.1 Å². The first-order chi connectivity index (χ1) is 7.66. The average molecular weight is 219 g/mol. The van der Waals surface area contributed by atoms with Crippen molar-refractivity contribution in [3.63, 3.8) is 0 Å². The molecule has 0 aliphatic rings. The fourth-order valence-electron chi connectivity index (χ4n) is 1.30. The quantitative estimate of drug-likeness (QED) is 0.753. The highest BCUT2D eigenvalue weighted by Crippen LogP contribution is 2.11. The van der Waals surface area contributed by atoms with E-state index >= 15 is 0 Å². The van der Waals surface area contributed by atoms with Crippen molar-refractivity contribution in [2.45, 2.75) is 0 Å². The van der Waals surface area contributed by atoms with Crippen molar-refractivity contribution in [2.75, 3.05) is 11.2 Å². The van der Waals surface area contributed by atoms with Gasteiger partial charge in [0.1, 0.15) is 5.82 Å². The Morgan fingerprint density at radius 1 is 1.31 bits per heavy atom. The molecule has 0 aliphatic heterocycles. The van der Waals surface area contributed by atoms with Gasteiger partial charge in [0.25, 0.3) is 5.91 Å². The monoisotopic (exact) mass is 219 g/mol. The van der Waals surface area contributed by atoms with Crippen molar-refractivity contribution in [3.8, 4) is 0 Å². The van der Waals surface area contributed by atoms with E-state index in [0.29, 0.717) is 0 Å². The molecular weight excluding hydrogens is 209 g/mol. The molecule has 1 aromatic carbocycles. The average Bonchev–Trinajstić information content (AvgIpc) is 2.70. The summed E-state index contributed by atoms with van der Waals surface area (Å²) in [5.74, 6) is -1.15. The number of anilines is 1. The van der Waals surface area contributed by atoms with Gasteiger partial charge >= 0.3 is 0 Å². The number of nitrogens with zero attached hydrogens (tertiary/aromatic N) is 1. The number of nitrogens with two attached hydrogens (primary N) is 1. The van der Waals surface area contributed by atoms with Gasteiger partial charge in [0.15, 0.2) is 0 Å². The van der Waals surface area contributed by atoms with E-state index in [0.717, 1.165) is 6.07 Å². The zero-order valence-corrected chi connectivity index (χ0v) is 8.35. The minimum Gasteiger partial charge on any atom is -0.399 e. The SMILES string of the molecule is Nc1ccc(C(=O)Nn2cccc2)c(F)c1. The number of aromatic nitrogens is 1. The fourth-order valence-corrected chi connectivity index (χ4v) is 1.30. The lowest BCUT2D eigenvalue weighted by Crippen LogP contribution is -2.22. The van der Waals surface area contributed by atoms with Crippen molar-refractivity contribution < 1.29 is 9.18 Å². The molecule has 3 N–H and O–H groups in total. The van der Waals surface area contributed by atoms with Crippen LogP contribution in [0.1, 0.15) is 10.4 Å². The molecule has 0 saturated carbocycles. The van der Waals surface area contributed by atoms with Crippen LogP contribution >= 0.6 is 0 Å². The van der Waals surface area contributed by atoms with E-state index in [2.05, 4.69) is 5.43 Å². The van der Waals surface area contributed by atoms with Gasteiger partial charge in [-0.25, -0.2) is 4.39 Å². The van der Waals surface area contributed by atoms with Gasteiger partial charge in [0.2, 0.25) is 0 Å². The Labute approximate surface area is 91.5 Å². The highest BCUT2D eigenvalue weighted by atomic mass is 19.1. The van der Waals surface area contributed by atoms with Crippen LogP contribution < -0.4 is 11.2 Å². The fraction of sp³-hybridized carbons (Fsp3) is 0. The second-order valence-electron chi connectivity index (χ2n) is 3.27. The van der Waals surface area contributed by atoms with E-state index in [1.54, 1.807) is 24.5 Å². The van der Waals surface area contributed by atoms with Crippen LogP contribution in [0.4, 0.5) is 10.1 Å². The van der Waals surface area contributed by atoms with Gasteiger partial charge in [-0.3, -0.25) is 14.9 Å². The second-order valence-corrected chi connectivity index (χ2v) is 3.27. The predicted molar refractivity (Wildman–Crippen MR) is 58.9 cm³/mol. The summed E-state index contributed by atoms with van der Waals surface area (Å²) in [5.41, 5.74) is 8.13. The first-order valence-corrected chi connectivity index (χ1v) is 4.66. The van der Waals surface area contributed by atoms with Gasteiger partial charge in [-0.15, -0.1) is 0 Å². The molecule has 0 atom stereocenters. The number of carbonyl (C=O) groups excluding carboxylic acids is 1. The molecule has 2 rings (SSSR count). The molecule has 0 fully saturated rings. The van der Waals surface area contributed by atoms with Crippen LogP contribution in [0, 0.1) is 5.82 Å². The number of hydrogen-bond donors (Lipinski definition) is 2. The third-order valence-corrected chi connectivity index (χ3v) is 2.07. The molecule has 1 aromatic heterocycles. The van der Waals surface area contributed by atoms with Gasteiger partial charge in [0.05, 0.1) is 5.56 Å². The molecule has 0 radical (unpaired) electrons. The molecule has 1 amide bonds. The van der Waals surface area contributed by atoms with Crippen molar-refractivity contribution in [1.29, 1.82) is 0 Å². The van der Waals surface area contributed by atoms with Gasteiger partial charge in [0, 0.05) is 18.1 Å². The summed E-state index contributed by atoms with van der Waals surface area (Å²) >= 11 is 0. The van der Waals surface area contributed by atoms with E-state index in [1.807, 2.05) is 0 Å². The summed E-state index contributed by atoms with van der Waals surface area (Å²) < 4.78 is 14.8. The number of nitrogen functional groups attached to an aromatic ring is 1. The van der Waals surface area contributed by atoms with E-state index in [-0.39, 0.29) is 11.3 Å². The van der Waals surface area contributed by atoms with Crippen LogP contribution in [-0.2, 0) is 0 Å². The Hall–Kier alpha value is -2.30. The van der Waals surface area contributed by atoms with Gasteiger partial charge in [-0.05, 0) is 30.3 Å². The van der Waals surface area contributed by atoms with Gasteiger partial charge in [-0.2, -0.15) is 0 Å². The summed E-state index contributed by atoms with van der Waals surface area (Å²) in [7, 11) is 0. The zero-order chi connectivity index (χ0) is 11.5. The van der Waals surface area contributed by atoms with E-state index in [4.69, 9.17) is 5.73 Å². The predicted octanol–water partition coefficient (Wildman–Crippen LogP) is 1.59. The Bertz CT molecular complexity index is 508. The Morgan fingerprint density at radius 2 is 2.00 bits per heavy atom. The summed E-state index contributed by atoms with van der Waals surface area (Å²) in [6, 6.07) is 7.45. The lowest BCUT2D eigenvalue weighted by Gasteiger charge is -2.07. The minimum atomic E-state index is -0.635. The Kier molecular flexibility index (Phi) is 2.59. The van der Waals surface area contributed by atoms with E-state index in [1.165, 1.54) is 16.8 Å². The first kappa shape index (κ1) is 10.2. The van der Waals surface area contributed by atoms with Crippen LogP contribution in [0.5, 0.6) is 0 Å². The normalized spacial score (nSPS) is 10.1. The number of benzene rings is 1. The summed E-state index contributed by atoms with van der Waals surface area (Å²) in [5, 5.41) is 0. The van der Waals surface area contributed by atoms with Crippen molar-refractivity contribution in [2.24, 2.45) is 0 Å². The molecule has 0 unspecified atom stereocenters. The number of rotatable bonds is 2. The maximum atomic E-state index is 13.4. The molecule has 0 spiro atoms. The molecule has 2 aromatic rings. The van der Waals surface area contributed by atoms with Gasteiger partial charge < -0.3 is 5.73 Å². The number of halogens is 1. The smallest absolute Gasteiger partial charge is 0.273 e. The Balaban J connectivity index is 2.21. The molecular formula is C11H10FN3O. The molecule has 0 saturated heterocycles. The van der Waals surface area contributed by atoms with E-state index in [9.17, 15) is 9.18 Å². The van der Waals surface area contributed by atoms with Crippen LogP contribution in [0.2, 0.25) is 0 Å². The topological polar surface area (TPSA) is 60.1 Å². The molecule has 1 heterocycles. The minimum absolute atomic E-state index is 0.0390. The highest BCUT2D eigenvalue weighted by Gasteiger charge is 2.11. The van der Waals surface area contributed by atoms with E-state index < -0.39 is 11.7 Å². The van der Waals surface area contributed by atoms with Crippen LogP contribution in [0.15, 0.2) is 42.7 Å². The number of nitrogens with one attached hydrogen (secondary N) is 1. The largest absolute Gasteiger partial charge is 0.399 e. The molecule has 82 valence electrons. The zero-order valence-electron chi connectivity index (χ0n) is 8.35. The maximum absolute atomic E-state index is 13.4. The van der Waals surface area contributed by atoms with Crippen molar-refractivity contribution in [1.82, 2.24) is 4.68 Å². The molecule has 16 heavy (non-hydrogen) atoms. The summed E-state index contributed by atoms with van der Waals surface area (Å²) in [6.07, 6.45) is 3.29. The maximum Gasteiger partial charge on any atom is 0.273 e. The first-order valence-electron chi connectivity index (χ1n) is 4.66. The lowest BCUT2D eigenvalue weighted by atomic mass is 10.2. The van der Waals surface area contributed by atoms with Crippen LogP contribution in [-0.4, -0.2) is 10.6 Å². The number of hydrogen-bond acceptors (Lipinski definition) is 2. The van der Waals surface area contributed by atoms with Crippen LogP contribution in [0.25, 0.3) is 0 Å². The van der Waals surface area contributed by atoms with Crippen molar-refractivity contribution >= 4 is 11.6 Å². The summed E-state index contributed by atoms with van der Waals surface area (Å²) in [4.78, 5) is 11.6. The molecule has 4 nitrogen and oxygen atoms in total. The number of carbonyl (C=O) groups is 1. The molecule has 0 bridgehead atoms. The Morgan fingerprint density at radius 3 is 2.62 bits per heavy atom. The number of amides is 1. The molecule has 5 heteroatoms. The third kappa shape index (κ3) is 2.03. The standard InChI is InChI=1S/C11H10FN3O/c12-10-7-8(13)3-4-9(10)11(16)14-15-5-1-2-6-15/h1-7H,13H2,(H,14,16). The highest BCUT2D eigenvalue weighted by molar-refractivity contribution is 6.00. The van der Waals surface area contributed by atoms with Gasteiger partial charge in [-0.1, -0.05) is 0 Å². The molecule has 0 aliphatic carbocycles. The third-order valence-electron chi connectivity index (χ3n) is 2.07. The lowest BCUT2D eigenvalue weighted by molar-refractivity contribution is 0.100. The van der Waals surface area contributed by atoms with Crippen LogP contribution in [0.3, 0.4) is 0 Å².